The van der Waals surface area contributed by atoms with Crippen LogP contribution in [0.5, 0.6) is 0 Å². The Kier molecular flexibility index (Phi) is 5.80. The van der Waals surface area contributed by atoms with Gasteiger partial charge in [0.05, 0.1) is 24.2 Å². The molecule has 1 fully saturated rings. The lowest BCUT2D eigenvalue weighted by molar-refractivity contribution is 0.0525. The molecule has 1 amide bonds. The Morgan fingerprint density at radius 2 is 1.87 bits per heavy atom. The van der Waals surface area contributed by atoms with Gasteiger partial charge in [-0.25, -0.2) is 14.5 Å². The molecule has 0 aliphatic carbocycles. The highest BCUT2D eigenvalue weighted by atomic mass is 32.1. The predicted molar refractivity (Wildman–Crippen MR) is 114 cm³/mol. The first-order chi connectivity index (χ1) is 14.6. The minimum absolute atomic E-state index is 0.0183. The van der Waals surface area contributed by atoms with Gasteiger partial charge < -0.3 is 14.5 Å². The first-order valence-electron chi connectivity index (χ1n) is 9.84. The molecule has 9 heteroatoms. The van der Waals surface area contributed by atoms with Crippen LogP contribution in [0, 0.1) is 6.92 Å². The van der Waals surface area contributed by atoms with Crippen LogP contribution in [-0.2, 0) is 4.74 Å². The normalized spacial score (nSPS) is 14.1. The van der Waals surface area contributed by atoms with E-state index in [0.29, 0.717) is 36.5 Å². The number of carbonyl (C=O) groups is 2. The second kappa shape index (κ2) is 8.66. The number of thiazole rings is 1. The number of aromatic nitrogens is 3. The topological polar surface area (TPSA) is 80.6 Å². The van der Waals surface area contributed by atoms with Crippen LogP contribution < -0.4 is 4.90 Å². The number of benzene rings is 1. The summed E-state index contributed by atoms with van der Waals surface area (Å²) in [5, 5.41) is 7.26. The van der Waals surface area contributed by atoms with Crippen LogP contribution in [0.1, 0.15) is 33.3 Å². The van der Waals surface area contributed by atoms with Crippen molar-refractivity contribution in [2.24, 2.45) is 0 Å². The summed E-state index contributed by atoms with van der Waals surface area (Å²) in [6, 6.07) is 7.29. The number of carbonyl (C=O) groups excluding carboxylic acids is 2. The zero-order chi connectivity index (χ0) is 21.1. The minimum Gasteiger partial charge on any atom is -0.462 e. The fraction of sp³-hybridized carbons (Fsp3) is 0.333. The van der Waals surface area contributed by atoms with E-state index in [0.717, 1.165) is 23.9 Å². The summed E-state index contributed by atoms with van der Waals surface area (Å²) in [4.78, 5) is 33.3. The highest BCUT2D eigenvalue weighted by molar-refractivity contribution is 7.13. The molecular weight excluding hydrogens is 402 g/mol. The van der Waals surface area contributed by atoms with Crippen LogP contribution in [0.2, 0.25) is 0 Å². The van der Waals surface area contributed by atoms with Crippen molar-refractivity contribution in [3.8, 4) is 5.69 Å². The predicted octanol–water partition coefficient (Wildman–Crippen LogP) is 2.78. The maximum absolute atomic E-state index is 12.9. The van der Waals surface area contributed by atoms with Gasteiger partial charge in [-0.05, 0) is 38.1 Å². The maximum atomic E-state index is 12.9. The molecule has 0 atom stereocenters. The molecule has 3 heterocycles. The summed E-state index contributed by atoms with van der Waals surface area (Å²) in [5.74, 6) is -0.366. The van der Waals surface area contributed by atoms with Crippen molar-refractivity contribution < 1.29 is 14.3 Å². The van der Waals surface area contributed by atoms with Gasteiger partial charge in [0.25, 0.3) is 5.91 Å². The third-order valence-corrected chi connectivity index (χ3v) is 5.95. The van der Waals surface area contributed by atoms with Gasteiger partial charge in [0.15, 0.2) is 5.13 Å². The van der Waals surface area contributed by atoms with E-state index in [1.807, 2.05) is 29.3 Å². The smallest absolute Gasteiger partial charge is 0.341 e. The van der Waals surface area contributed by atoms with Crippen LogP contribution in [-0.4, -0.2) is 64.3 Å². The third kappa shape index (κ3) is 3.93. The van der Waals surface area contributed by atoms with Gasteiger partial charge in [-0.1, -0.05) is 0 Å². The molecule has 0 radical (unpaired) electrons. The van der Waals surface area contributed by atoms with Crippen LogP contribution >= 0.6 is 11.3 Å². The van der Waals surface area contributed by atoms with E-state index in [1.165, 1.54) is 6.20 Å². The molecule has 1 aliphatic rings. The Hall–Kier alpha value is -3.20. The van der Waals surface area contributed by atoms with E-state index in [9.17, 15) is 9.59 Å². The van der Waals surface area contributed by atoms with Crippen molar-refractivity contribution >= 4 is 28.3 Å². The lowest BCUT2D eigenvalue weighted by Gasteiger charge is -2.34. The Balaban J connectivity index is 1.43. The average Bonchev–Trinajstić information content (AvgIpc) is 3.44. The van der Waals surface area contributed by atoms with Gasteiger partial charge in [-0.3, -0.25) is 4.79 Å². The number of anilines is 1. The number of amides is 1. The maximum Gasteiger partial charge on any atom is 0.341 e. The van der Waals surface area contributed by atoms with Gasteiger partial charge in [-0.2, -0.15) is 5.10 Å². The van der Waals surface area contributed by atoms with Crippen LogP contribution in [0.3, 0.4) is 0 Å². The van der Waals surface area contributed by atoms with E-state index in [4.69, 9.17) is 4.74 Å². The third-order valence-electron chi connectivity index (χ3n) is 5.12. The highest BCUT2D eigenvalue weighted by Crippen LogP contribution is 2.20. The molecule has 156 valence electrons. The molecule has 0 bridgehead atoms. The Bertz CT molecular complexity index is 1020. The van der Waals surface area contributed by atoms with Crippen molar-refractivity contribution in [1.82, 2.24) is 19.7 Å². The molecule has 0 unspecified atom stereocenters. The monoisotopic (exact) mass is 425 g/mol. The fourth-order valence-electron chi connectivity index (χ4n) is 3.48. The second-order valence-electron chi connectivity index (χ2n) is 6.92. The molecule has 30 heavy (non-hydrogen) atoms. The summed E-state index contributed by atoms with van der Waals surface area (Å²) in [6.07, 6.45) is 3.31. The molecular formula is C21H23N5O3S. The van der Waals surface area contributed by atoms with E-state index >= 15 is 0 Å². The summed E-state index contributed by atoms with van der Waals surface area (Å²) in [7, 11) is 0. The molecule has 1 aliphatic heterocycles. The lowest BCUT2D eigenvalue weighted by Crippen LogP contribution is -2.48. The summed E-state index contributed by atoms with van der Waals surface area (Å²) < 4.78 is 6.73. The number of ether oxygens (including phenoxy) is 1. The zero-order valence-corrected chi connectivity index (χ0v) is 17.8. The van der Waals surface area contributed by atoms with Crippen LogP contribution in [0.25, 0.3) is 5.69 Å². The molecule has 8 nitrogen and oxygen atoms in total. The minimum atomic E-state index is -0.384. The molecule has 0 saturated carbocycles. The van der Waals surface area contributed by atoms with Gasteiger partial charge >= 0.3 is 5.97 Å². The van der Waals surface area contributed by atoms with E-state index in [1.54, 1.807) is 41.3 Å². The van der Waals surface area contributed by atoms with E-state index in [2.05, 4.69) is 15.0 Å². The molecule has 2 aromatic heterocycles. The molecule has 1 aromatic carbocycles. The molecule has 1 saturated heterocycles. The number of rotatable bonds is 5. The van der Waals surface area contributed by atoms with E-state index in [-0.39, 0.29) is 11.9 Å². The SMILES string of the molecule is CCOC(=O)c1cnn(-c2ccc(C(=O)N3CCN(c4nccs4)CC3)cc2)c1C. The Morgan fingerprint density at radius 1 is 1.13 bits per heavy atom. The largest absolute Gasteiger partial charge is 0.462 e. The van der Waals surface area contributed by atoms with Crippen molar-refractivity contribution in [1.29, 1.82) is 0 Å². The van der Waals surface area contributed by atoms with Gasteiger partial charge in [0.1, 0.15) is 5.56 Å². The number of nitrogens with zero attached hydrogens (tertiary/aromatic N) is 5. The number of hydrogen-bond acceptors (Lipinski definition) is 7. The van der Waals surface area contributed by atoms with Gasteiger partial charge in [0, 0.05) is 43.3 Å². The van der Waals surface area contributed by atoms with Crippen molar-refractivity contribution in [3.05, 3.63) is 58.9 Å². The Labute approximate surface area is 178 Å². The van der Waals surface area contributed by atoms with Crippen molar-refractivity contribution in [2.45, 2.75) is 13.8 Å². The number of piperazine rings is 1. The van der Waals surface area contributed by atoms with Crippen molar-refractivity contribution in [3.63, 3.8) is 0 Å². The highest BCUT2D eigenvalue weighted by Gasteiger charge is 2.23. The molecule has 0 spiro atoms. The molecule has 4 rings (SSSR count). The van der Waals surface area contributed by atoms with Gasteiger partial charge in [0.2, 0.25) is 0 Å². The first kappa shape index (κ1) is 20.1. The summed E-state index contributed by atoms with van der Waals surface area (Å²) in [5.41, 5.74) is 2.56. The quantitative estimate of drug-likeness (QED) is 0.585. The van der Waals surface area contributed by atoms with Crippen LogP contribution in [0.4, 0.5) is 5.13 Å². The number of hydrogen-bond donors (Lipinski definition) is 0. The van der Waals surface area contributed by atoms with Crippen LogP contribution in [0.15, 0.2) is 42.0 Å². The summed E-state index contributed by atoms with van der Waals surface area (Å²) in [6.45, 7) is 6.80. The number of esters is 1. The fourth-order valence-corrected chi connectivity index (χ4v) is 4.18. The lowest BCUT2D eigenvalue weighted by atomic mass is 10.1. The van der Waals surface area contributed by atoms with Gasteiger partial charge in [-0.15, -0.1) is 11.3 Å². The zero-order valence-electron chi connectivity index (χ0n) is 16.9. The average molecular weight is 426 g/mol. The summed E-state index contributed by atoms with van der Waals surface area (Å²) >= 11 is 1.62. The standard InChI is InChI=1S/C21H23N5O3S/c1-3-29-20(28)18-14-23-26(15(18)2)17-6-4-16(5-7-17)19(27)24-9-11-25(12-10-24)21-22-8-13-30-21/h4-8,13-14H,3,9-12H2,1-2H3. The van der Waals surface area contributed by atoms with E-state index < -0.39 is 0 Å². The Morgan fingerprint density at radius 3 is 2.50 bits per heavy atom. The molecule has 3 aromatic rings. The molecule has 0 N–H and O–H groups in total. The van der Waals surface area contributed by atoms with Crippen molar-refractivity contribution in [2.75, 3.05) is 37.7 Å². The first-order valence-corrected chi connectivity index (χ1v) is 10.7. The second-order valence-corrected chi connectivity index (χ2v) is 7.79.